The molecule has 2 N–H and O–H groups in total. The number of aliphatic hydroxyl groups is 1. The monoisotopic (exact) mass is 309 g/mol. The van der Waals surface area contributed by atoms with E-state index < -0.39 is 6.10 Å². The zero-order chi connectivity index (χ0) is 15.2. The summed E-state index contributed by atoms with van der Waals surface area (Å²) in [6.07, 6.45) is -0.705. The number of ether oxygens (including phenoxy) is 1. The van der Waals surface area contributed by atoms with Crippen molar-refractivity contribution in [3.8, 4) is 5.75 Å². The van der Waals surface area contributed by atoms with Crippen LogP contribution in [0.4, 0.5) is 10.1 Å². The van der Waals surface area contributed by atoms with Crippen LogP contribution in [0.25, 0.3) is 0 Å². The van der Waals surface area contributed by atoms with Gasteiger partial charge in [0.2, 0.25) is 0 Å². The van der Waals surface area contributed by atoms with Gasteiger partial charge in [0.1, 0.15) is 24.3 Å². The van der Waals surface area contributed by atoms with Crippen LogP contribution in [0.15, 0.2) is 42.5 Å². The highest BCUT2D eigenvalue weighted by Crippen LogP contribution is 2.17. The maximum absolute atomic E-state index is 13.1. The van der Waals surface area contributed by atoms with Gasteiger partial charge in [-0.2, -0.15) is 0 Å². The highest BCUT2D eigenvalue weighted by Gasteiger charge is 2.07. The van der Waals surface area contributed by atoms with Crippen molar-refractivity contribution in [3.05, 3.63) is 58.9 Å². The Balaban J connectivity index is 1.80. The van der Waals surface area contributed by atoms with Gasteiger partial charge < -0.3 is 15.2 Å². The zero-order valence-electron chi connectivity index (χ0n) is 11.6. The fraction of sp³-hybridized carbons (Fsp3) is 0.250. The van der Waals surface area contributed by atoms with Crippen LogP contribution < -0.4 is 10.1 Å². The molecule has 0 aromatic heterocycles. The second-order valence-electron chi connectivity index (χ2n) is 4.76. The molecule has 21 heavy (non-hydrogen) atoms. The summed E-state index contributed by atoms with van der Waals surface area (Å²) in [4.78, 5) is 0. The lowest BCUT2D eigenvalue weighted by Crippen LogP contribution is -2.26. The Morgan fingerprint density at radius 2 is 1.95 bits per heavy atom. The molecule has 0 saturated carbocycles. The van der Waals surface area contributed by atoms with Crippen molar-refractivity contribution in [2.75, 3.05) is 18.5 Å². The predicted octanol–water partition coefficient (Wildman–Crippen LogP) is 3.64. The Morgan fingerprint density at radius 1 is 1.24 bits per heavy atom. The average molecular weight is 310 g/mol. The summed E-state index contributed by atoms with van der Waals surface area (Å²) >= 11 is 5.77. The number of benzene rings is 2. The predicted molar refractivity (Wildman–Crippen MR) is 82.6 cm³/mol. The van der Waals surface area contributed by atoms with Gasteiger partial charge in [-0.3, -0.25) is 0 Å². The molecular formula is C16H17ClFNO2. The van der Waals surface area contributed by atoms with E-state index in [2.05, 4.69) is 5.32 Å². The fourth-order valence-corrected chi connectivity index (χ4v) is 1.92. The lowest BCUT2D eigenvalue weighted by molar-refractivity contribution is 0.117. The molecule has 2 rings (SSSR count). The molecule has 0 aliphatic heterocycles. The number of hydrogen-bond donors (Lipinski definition) is 2. The molecule has 1 unspecified atom stereocenters. The third-order valence-electron chi connectivity index (χ3n) is 2.98. The molecule has 112 valence electrons. The molecule has 3 nitrogen and oxygen atoms in total. The van der Waals surface area contributed by atoms with Gasteiger partial charge in [-0.1, -0.05) is 17.7 Å². The average Bonchev–Trinajstić information content (AvgIpc) is 2.47. The summed E-state index contributed by atoms with van der Waals surface area (Å²) in [6.45, 7) is 2.29. The van der Waals surface area contributed by atoms with Crippen LogP contribution in [-0.2, 0) is 0 Å². The number of nitrogens with one attached hydrogen (secondary N) is 1. The van der Waals surface area contributed by atoms with E-state index in [4.69, 9.17) is 16.3 Å². The Labute approximate surface area is 128 Å². The van der Waals surface area contributed by atoms with Crippen molar-refractivity contribution in [2.24, 2.45) is 0 Å². The molecule has 0 heterocycles. The standard InChI is InChI=1S/C16H17ClFNO2/c1-11-2-5-13(18)8-16(11)19-9-14(20)10-21-15-6-3-12(17)4-7-15/h2-8,14,19-20H,9-10H2,1H3. The summed E-state index contributed by atoms with van der Waals surface area (Å²) < 4.78 is 18.6. The smallest absolute Gasteiger partial charge is 0.125 e. The van der Waals surface area contributed by atoms with E-state index in [-0.39, 0.29) is 19.0 Å². The van der Waals surface area contributed by atoms with Crippen LogP contribution in [-0.4, -0.2) is 24.4 Å². The first-order chi connectivity index (χ1) is 10.0. The number of rotatable bonds is 6. The largest absolute Gasteiger partial charge is 0.491 e. The second-order valence-corrected chi connectivity index (χ2v) is 5.20. The quantitative estimate of drug-likeness (QED) is 0.856. The van der Waals surface area contributed by atoms with Gasteiger partial charge in [0.05, 0.1) is 0 Å². The normalized spacial score (nSPS) is 12.0. The second kappa shape index (κ2) is 7.29. The number of aliphatic hydroxyl groups excluding tert-OH is 1. The highest BCUT2D eigenvalue weighted by molar-refractivity contribution is 6.30. The molecule has 5 heteroatoms. The SMILES string of the molecule is Cc1ccc(F)cc1NCC(O)COc1ccc(Cl)cc1. The molecule has 2 aromatic rings. The van der Waals surface area contributed by atoms with Crippen LogP contribution in [0.2, 0.25) is 5.02 Å². The fourth-order valence-electron chi connectivity index (χ4n) is 1.79. The zero-order valence-corrected chi connectivity index (χ0v) is 12.4. The molecular weight excluding hydrogens is 293 g/mol. The molecule has 2 aromatic carbocycles. The van der Waals surface area contributed by atoms with Gasteiger partial charge in [-0.05, 0) is 48.9 Å². The number of halogens is 2. The molecule has 1 atom stereocenters. The summed E-state index contributed by atoms with van der Waals surface area (Å²) in [5.74, 6) is 0.329. The maximum Gasteiger partial charge on any atom is 0.125 e. The summed E-state index contributed by atoms with van der Waals surface area (Å²) in [7, 11) is 0. The van der Waals surface area contributed by atoms with E-state index in [9.17, 15) is 9.50 Å². The lowest BCUT2D eigenvalue weighted by atomic mass is 10.2. The number of anilines is 1. The first-order valence-electron chi connectivity index (χ1n) is 6.61. The number of hydrogen-bond acceptors (Lipinski definition) is 3. The molecule has 0 spiro atoms. The Bertz CT molecular complexity index is 589. The summed E-state index contributed by atoms with van der Waals surface area (Å²) in [5, 5.41) is 13.5. The molecule has 0 aliphatic rings. The van der Waals surface area contributed by atoms with Gasteiger partial charge in [-0.15, -0.1) is 0 Å². The van der Waals surface area contributed by atoms with Crippen molar-refractivity contribution in [1.82, 2.24) is 0 Å². The van der Waals surface area contributed by atoms with Gasteiger partial charge in [-0.25, -0.2) is 4.39 Å². The van der Waals surface area contributed by atoms with E-state index in [0.717, 1.165) is 5.56 Å². The van der Waals surface area contributed by atoms with Crippen LogP contribution in [0, 0.1) is 12.7 Å². The minimum atomic E-state index is -0.705. The lowest BCUT2D eigenvalue weighted by Gasteiger charge is -2.15. The van der Waals surface area contributed by atoms with E-state index in [1.54, 1.807) is 30.3 Å². The maximum atomic E-state index is 13.1. The van der Waals surface area contributed by atoms with E-state index in [0.29, 0.717) is 16.5 Å². The van der Waals surface area contributed by atoms with Gasteiger partial charge in [0.15, 0.2) is 0 Å². The first kappa shape index (κ1) is 15.6. The third kappa shape index (κ3) is 4.92. The Kier molecular flexibility index (Phi) is 5.42. The molecule has 0 amide bonds. The van der Waals surface area contributed by atoms with Crippen LogP contribution in [0.3, 0.4) is 0 Å². The van der Waals surface area contributed by atoms with Crippen molar-refractivity contribution in [2.45, 2.75) is 13.0 Å². The molecule has 0 bridgehead atoms. The van der Waals surface area contributed by atoms with Crippen molar-refractivity contribution in [1.29, 1.82) is 0 Å². The summed E-state index contributed by atoms with van der Waals surface area (Å²) in [6, 6.07) is 11.4. The Hall–Kier alpha value is -1.78. The van der Waals surface area contributed by atoms with Gasteiger partial charge in [0, 0.05) is 17.3 Å². The summed E-state index contributed by atoms with van der Waals surface area (Å²) in [5.41, 5.74) is 1.59. The minimum Gasteiger partial charge on any atom is -0.491 e. The van der Waals surface area contributed by atoms with Gasteiger partial charge >= 0.3 is 0 Å². The van der Waals surface area contributed by atoms with Crippen molar-refractivity contribution in [3.63, 3.8) is 0 Å². The third-order valence-corrected chi connectivity index (χ3v) is 3.24. The molecule has 0 fully saturated rings. The molecule has 0 aliphatic carbocycles. The minimum absolute atomic E-state index is 0.142. The van der Waals surface area contributed by atoms with E-state index >= 15 is 0 Å². The highest BCUT2D eigenvalue weighted by atomic mass is 35.5. The van der Waals surface area contributed by atoms with E-state index in [1.807, 2.05) is 6.92 Å². The van der Waals surface area contributed by atoms with Crippen LogP contribution in [0.5, 0.6) is 5.75 Å². The van der Waals surface area contributed by atoms with Crippen LogP contribution >= 0.6 is 11.6 Å². The Morgan fingerprint density at radius 3 is 2.67 bits per heavy atom. The first-order valence-corrected chi connectivity index (χ1v) is 6.99. The van der Waals surface area contributed by atoms with Crippen LogP contribution in [0.1, 0.15) is 5.56 Å². The molecule has 0 radical (unpaired) electrons. The topological polar surface area (TPSA) is 41.5 Å². The van der Waals surface area contributed by atoms with Gasteiger partial charge in [0.25, 0.3) is 0 Å². The number of aryl methyl sites for hydroxylation is 1. The molecule has 0 saturated heterocycles. The van der Waals surface area contributed by atoms with Crippen molar-refractivity contribution < 1.29 is 14.2 Å². The van der Waals surface area contributed by atoms with Crippen molar-refractivity contribution >= 4 is 17.3 Å². The van der Waals surface area contributed by atoms with E-state index in [1.165, 1.54) is 12.1 Å².